The number of nitriles is 1. The molecule has 0 saturated carbocycles. The number of hydrogen-bond acceptors (Lipinski definition) is 4. The zero-order valence-corrected chi connectivity index (χ0v) is 13.8. The molecule has 0 fully saturated rings. The molecule has 24 heavy (non-hydrogen) atoms. The van der Waals surface area contributed by atoms with Crippen LogP contribution in [0.4, 0.5) is 0 Å². The number of benzene rings is 1. The maximum atomic E-state index is 12.9. The van der Waals surface area contributed by atoms with Crippen molar-refractivity contribution >= 4 is 5.65 Å². The van der Waals surface area contributed by atoms with Crippen molar-refractivity contribution in [2.75, 3.05) is 6.61 Å². The summed E-state index contributed by atoms with van der Waals surface area (Å²) in [5.74, 6) is 0.711. The zero-order chi connectivity index (χ0) is 17.3. The van der Waals surface area contributed by atoms with Gasteiger partial charge in [-0.1, -0.05) is 26.0 Å². The fourth-order valence-electron chi connectivity index (χ4n) is 2.75. The van der Waals surface area contributed by atoms with Gasteiger partial charge in [0.1, 0.15) is 17.4 Å². The molecule has 0 bridgehead atoms. The molecule has 0 aliphatic rings. The van der Waals surface area contributed by atoms with Crippen molar-refractivity contribution in [2.24, 2.45) is 0 Å². The van der Waals surface area contributed by atoms with Crippen LogP contribution in [0.25, 0.3) is 16.9 Å². The van der Waals surface area contributed by atoms with Crippen LogP contribution in [-0.4, -0.2) is 21.2 Å². The smallest absolute Gasteiger partial charge is 0.276 e. The molecule has 0 radical (unpaired) electrons. The highest BCUT2D eigenvalue weighted by Gasteiger charge is 2.20. The van der Waals surface area contributed by atoms with Crippen molar-refractivity contribution in [3.05, 3.63) is 51.9 Å². The average molecular weight is 322 g/mol. The molecule has 1 N–H and O–H groups in total. The highest BCUT2D eigenvalue weighted by molar-refractivity contribution is 5.69. The van der Waals surface area contributed by atoms with Crippen LogP contribution in [0.5, 0.6) is 5.75 Å². The van der Waals surface area contributed by atoms with E-state index in [1.807, 2.05) is 45.0 Å². The molecule has 1 aromatic carbocycles. The standard InChI is InChI=1S/C18H18N4O2/c1-4-24-14-7-5-6-12(8-14)16-15(11(2)3)18(23)22-17(21-16)13(9-19)10-20-22/h5-8,10-11,20H,4H2,1-3H3. The Balaban J connectivity index is 2.33. The average Bonchev–Trinajstić information content (AvgIpc) is 2.98. The molecule has 6 nitrogen and oxygen atoms in total. The Morgan fingerprint density at radius 1 is 1.42 bits per heavy atom. The summed E-state index contributed by atoms with van der Waals surface area (Å²) >= 11 is 0. The molecule has 2 heterocycles. The number of fused-ring (bicyclic) bond motifs is 1. The van der Waals surface area contributed by atoms with Crippen LogP contribution in [0.2, 0.25) is 0 Å². The molecule has 3 aromatic rings. The quantitative estimate of drug-likeness (QED) is 0.800. The Bertz CT molecular complexity index is 992. The molecular weight excluding hydrogens is 304 g/mol. The molecule has 122 valence electrons. The van der Waals surface area contributed by atoms with Gasteiger partial charge in [0.2, 0.25) is 0 Å². The molecular formula is C18H18N4O2. The van der Waals surface area contributed by atoms with Gasteiger partial charge in [0.15, 0.2) is 5.65 Å². The molecule has 0 aliphatic heterocycles. The lowest BCUT2D eigenvalue weighted by atomic mass is 9.98. The molecule has 0 saturated heterocycles. The van der Waals surface area contributed by atoms with Gasteiger partial charge >= 0.3 is 0 Å². The second kappa shape index (κ2) is 6.20. The largest absolute Gasteiger partial charge is 0.494 e. The maximum absolute atomic E-state index is 12.9. The van der Waals surface area contributed by atoms with E-state index < -0.39 is 0 Å². The minimum Gasteiger partial charge on any atom is -0.494 e. The second-order valence-electron chi connectivity index (χ2n) is 5.75. The Morgan fingerprint density at radius 3 is 2.88 bits per heavy atom. The lowest BCUT2D eigenvalue weighted by Crippen LogP contribution is -2.22. The first-order chi connectivity index (χ1) is 11.6. The summed E-state index contributed by atoms with van der Waals surface area (Å²) in [6.07, 6.45) is 1.49. The van der Waals surface area contributed by atoms with E-state index in [4.69, 9.17) is 4.74 Å². The van der Waals surface area contributed by atoms with Gasteiger partial charge < -0.3 is 4.74 Å². The Kier molecular flexibility index (Phi) is 4.09. The van der Waals surface area contributed by atoms with Crippen molar-refractivity contribution in [3.8, 4) is 23.1 Å². The van der Waals surface area contributed by atoms with Crippen molar-refractivity contribution in [2.45, 2.75) is 26.7 Å². The summed E-state index contributed by atoms with van der Waals surface area (Å²) in [5, 5.41) is 12.0. The molecule has 0 unspecified atom stereocenters. The number of nitrogens with one attached hydrogen (secondary N) is 1. The van der Waals surface area contributed by atoms with Crippen molar-refractivity contribution in [1.82, 2.24) is 14.6 Å². The first-order valence-electron chi connectivity index (χ1n) is 7.84. The minimum atomic E-state index is -0.187. The summed E-state index contributed by atoms with van der Waals surface area (Å²) in [4.78, 5) is 17.5. The third kappa shape index (κ3) is 2.54. The van der Waals surface area contributed by atoms with Crippen molar-refractivity contribution in [1.29, 1.82) is 5.26 Å². The van der Waals surface area contributed by atoms with Crippen LogP contribution in [0, 0.1) is 11.3 Å². The highest BCUT2D eigenvalue weighted by atomic mass is 16.5. The van der Waals surface area contributed by atoms with Gasteiger partial charge in [-0.15, -0.1) is 0 Å². The Labute approximate surface area is 139 Å². The van der Waals surface area contributed by atoms with E-state index in [1.54, 1.807) is 0 Å². The predicted octanol–water partition coefficient (Wildman–Crippen LogP) is 3.08. The fourth-order valence-corrected chi connectivity index (χ4v) is 2.75. The van der Waals surface area contributed by atoms with Crippen LogP contribution in [0.3, 0.4) is 0 Å². The van der Waals surface area contributed by atoms with Gasteiger partial charge in [0.25, 0.3) is 5.56 Å². The van der Waals surface area contributed by atoms with Gasteiger partial charge in [-0.25, -0.2) is 9.50 Å². The number of H-pyrrole nitrogens is 1. The SMILES string of the molecule is CCOc1cccc(-c2nc3c(C#N)c[nH]n3c(=O)c2C(C)C)c1. The summed E-state index contributed by atoms with van der Waals surface area (Å²) < 4.78 is 6.87. The van der Waals surface area contributed by atoms with Crippen LogP contribution in [0.1, 0.15) is 37.8 Å². The number of nitrogens with zero attached hydrogens (tertiary/aromatic N) is 3. The van der Waals surface area contributed by atoms with E-state index in [2.05, 4.69) is 16.2 Å². The molecule has 2 aromatic heterocycles. The second-order valence-corrected chi connectivity index (χ2v) is 5.75. The van der Waals surface area contributed by atoms with Crippen LogP contribution in [0.15, 0.2) is 35.3 Å². The maximum Gasteiger partial charge on any atom is 0.276 e. The predicted molar refractivity (Wildman–Crippen MR) is 91.2 cm³/mol. The normalized spacial score (nSPS) is 11.0. The van der Waals surface area contributed by atoms with Crippen molar-refractivity contribution in [3.63, 3.8) is 0 Å². The molecule has 0 spiro atoms. The van der Waals surface area contributed by atoms with Crippen molar-refractivity contribution < 1.29 is 4.74 Å². The van der Waals surface area contributed by atoms with E-state index >= 15 is 0 Å². The summed E-state index contributed by atoms with van der Waals surface area (Å²) in [6, 6.07) is 9.56. The first kappa shape index (κ1) is 15.8. The van der Waals surface area contributed by atoms with E-state index in [1.165, 1.54) is 10.7 Å². The lowest BCUT2D eigenvalue weighted by molar-refractivity contribution is 0.340. The van der Waals surface area contributed by atoms with Gasteiger partial charge in [0, 0.05) is 17.3 Å². The van der Waals surface area contributed by atoms with Gasteiger partial charge in [-0.2, -0.15) is 5.26 Å². The van der Waals surface area contributed by atoms with E-state index in [9.17, 15) is 10.1 Å². The monoisotopic (exact) mass is 322 g/mol. The molecule has 6 heteroatoms. The highest BCUT2D eigenvalue weighted by Crippen LogP contribution is 2.28. The third-order valence-corrected chi connectivity index (χ3v) is 3.81. The molecule has 0 aliphatic carbocycles. The number of rotatable bonds is 4. The van der Waals surface area contributed by atoms with Crippen LogP contribution >= 0.6 is 0 Å². The van der Waals surface area contributed by atoms with Gasteiger partial charge in [-0.05, 0) is 25.0 Å². The number of ether oxygens (including phenoxy) is 1. The fraction of sp³-hybridized carbons (Fsp3) is 0.278. The van der Waals surface area contributed by atoms with Crippen LogP contribution in [-0.2, 0) is 0 Å². The first-order valence-corrected chi connectivity index (χ1v) is 7.84. The summed E-state index contributed by atoms with van der Waals surface area (Å²) in [6.45, 7) is 6.39. The van der Waals surface area contributed by atoms with E-state index in [-0.39, 0.29) is 11.5 Å². The van der Waals surface area contributed by atoms with E-state index in [0.717, 1.165) is 11.3 Å². The van der Waals surface area contributed by atoms with E-state index in [0.29, 0.717) is 29.1 Å². The summed E-state index contributed by atoms with van der Waals surface area (Å²) in [7, 11) is 0. The van der Waals surface area contributed by atoms with Gasteiger partial charge in [0.05, 0.1) is 12.3 Å². The molecule has 3 rings (SSSR count). The number of aromatic nitrogens is 3. The van der Waals surface area contributed by atoms with Gasteiger partial charge in [-0.3, -0.25) is 9.89 Å². The number of aromatic amines is 1. The lowest BCUT2D eigenvalue weighted by Gasteiger charge is -2.13. The summed E-state index contributed by atoms with van der Waals surface area (Å²) in [5.41, 5.74) is 2.48. The van der Waals surface area contributed by atoms with Crippen LogP contribution < -0.4 is 10.3 Å². The zero-order valence-electron chi connectivity index (χ0n) is 13.8. The Morgan fingerprint density at radius 2 is 2.21 bits per heavy atom. The molecule has 0 amide bonds. The third-order valence-electron chi connectivity index (χ3n) is 3.81. The number of hydrogen-bond donors (Lipinski definition) is 1. The Hall–Kier alpha value is -3.07. The minimum absolute atomic E-state index is 0.0125. The molecule has 0 atom stereocenters. The topological polar surface area (TPSA) is 83.2 Å².